The summed E-state index contributed by atoms with van der Waals surface area (Å²) in [6, 6.07) is 7.90. The molecular formula is C21H22O10. The summed E-state index contributed by atoms with van der Waals surface area (Å²) in [5, 5.41) is 59.8. The minimum atomic E-state index is -1.66. The lowest BCUT2D eigenvalue weighted by Gasteiger charge is -2.42. The molecule has 2 aromatic carbocycles. The maximum absolute atomic E-state index is 13.3. The summed E-state index contributed by atoms with van der Waals surface area (Å²) in [6.07, 6.45) is -9.49. The Morgan fingerprint density at radius 3 is 2.26 bits per heavy atom. The highest BCUT2D eigenvalue weighted by Gasteiger charge is 2.48. The first-order valence-corrected chi connectivity index (χ1v) is 9.58. The number of fused-ring (bicyclic) bond motifs is 1. The second-order valence-electron chi connectivity index (χ2n) is 7.57. The van der Waals surface area contributed by atoms with Crippen molar-refractivity contribution in [3.8, 4) is 23.0 Å². The molecule has 31 heavy (non-hydrogen) atoms. The Morgan fingerprint density at radius 1 is 0.903 bits per heavy atom. The second kappa shape index (κ2) is 7.98. The van der Waals surface area contributed by atoms with E-state index in [4.69, 9.17) is 14.2 Å². The van der Waals surface area contributed by atoms with E-state index in [2.05, 4.69) is 0 Å². The average molecular weight is 434 g/mol. The molecule has 166 valence electrons. The van der Waals surface area contributed by atoms with Crippen LogP contribution in [0.15, 0.2) is 36.4 Å². The molecule has 0 aromatic heterocycles. The predicted octanol–water partition coefficient (Wildman–Crippen LogP) is 0.332. The lowest BCUT2D eigenvalue weighted by atomic mass is 9.92. The smallest absolute Gasteiger partial charge is 0.203 e. The van der Waals surface area contributed by atoms with Gasteiger partial charge in [0.2, 0.25) is 5.78 Å². The molecule has 10 nitrogen and oxygen atoms in total. The number of ether oxygens (including phenoxy) is 3. The van der Waals surface area contributed by atoms with Gasteiger partial charge in [0.15, 0.2) is 18.5 Å². The Balaban J connectivity index is 1.73. The summed E-state index contributed by atoms with van der Waals surface area (Å²) in [5.74, 6) is -1.64. The van der Waals surface area contributed by atoms with Crippen LogP contribution in [0.25, 0.3) is 0 Å². The molecule has 0 unspecified atom stereocenters. The number of aliphatic hydroxyl groups is 3. The van der Waals surface area contributed by atoms with Crippen LogP contribution in [-0.4, -0.2) is 73.2 Å². The molecule has 0 bridgehead atoms. The number of phenolic OH excluding ortho intramolecular Hbond substituents is 3. The van der Waals surface area contributed by atoms with Crippen molar-refractivity contribution in [1.82, 2.24) is 0 Å². The fraction of sp³-hybridized carbons (Fsp3) is 0.381. The predicted molar refractivity (Wildman–Crippen MR) is 103 cm³/mol. The largest absolute Gasteiger partial charge is 0.508 e. The van der Waals surface area contributed by atoms with Gasteiger partial charge in [-0.1, -0.05) is 12.1 Å². The Bertz CT molecular complexity index is 975. The van der Waals surface area contributed by atoms with Gasteiger partial charge in [-0.05, 0) is 24.6 Å². The van der Waals surface area contributed by atoms with Gasteiger partial charge in [-0.2, -0.15) is 0 Å². The highest BCUT2D eigenvalue weighted by Crippen LogP contribution is 2.43. The summed E-state index contributed by atoms with van der Waals surface area (Å²) >= 11 is 0. The molecular weight excluding hydrogens is 412 g/mol. The molecule has 0 amide bonds. The van der Waals surface area contributed by atoms with E-state index in [9.17, 15) is 35.4 Å². The lowest BCUT2D eigenvalue weighted by molar-refractivity contribution is -0.304. The minimum absolute atomic E-state index is 0.0176. The van der Waals surface area contributed by atoms with Crippen molar-refractivity contribution < 1.29 is 49.6 Å². The van der Waals surface area contributed by atoms with Gasteiger partial charge in [0.1, 0.15) is 46.9 Å². The summed E-state index contributed by atoms with van der Waals surface area (Å²) in [5.41, 5.74) is 0.195. The summed E-state index contributed by atoms with van der Waals surface area (Å²) in [6.45, 7) is 1.47. The third kappa shape index (κ3) is 3.80. The number of ketones is 1. The van der Waals surface area contributed by atoms with Crippen LogP contribution < -0.4 is 4.74 Å². The van der Waals surface area contributed by atoms with E-state index >= 15 is 0 Å². The van der Waals surface area contributed by atoms with Crippen molar-refractivity contribution in [2.75, 3.05) is 0 Å². The number of aliphatic hydroxyl groups excluding tert-OH is 3. The molecule has 2 aliphatic heterocycles. The van der Waals surface area contributed by atoms with Crippen molar-refractivity contribution in [1.29, 1.82) is 0 Å². The molecule has 1 fully saturated rings. The summed E-state index contributed by atoms with van der Waals surface area (Å²) < 4.78 is 17.0. The molecule has 0 aliphatic carbocycles. The molecule has 0 spiro atoms. The first-order valence-electron chi connectivity index (χ1n) is 9.58. The molecule has 2 heterocycles. The first-order chi connectivity index (χ1) is 14.7. The van der Waals surface area contributed by atoms with Crippen LogP contribution >= 0.6 is 0 Å². The maximum atomic E-state index is 13.3. The lowest BCUT2D eigenvalue weighted by Crippen LogP contribution is -2.59. The molecule has 6 N–H and O–H groups in total. The standard InChI is InChI=1S/C21H22O10/c1-8-15(25)17(27)18(28)21(29-8)31-20-16(26)14-12(24)6-11(23)7-13(14)30-19(20)9-2-4-10(22)5-3-9/h2-8,15,17-25,27-28H,1H3/t8-,15+,17+,18-,19+,20+,21+/m0/s1. The number of rotatable bonds is 3. The van der Waals surface area contributed by atoms with Crippen LogP contribution in [0.1, 0.15) is 28.9 Å². The van der Waals surface area contributed by atoms with Crippen LogP contribution in [-0.2, 0) is 9.47 Å². The third-order valence-corrected chi connectivity index (χ3v) is 5.41. The molecule has 1 saturated heterocycles. The maximum Gasteiger partial charge on any atom is 0.203 e. The van der Waals surface area contributed by atoms with Crippen molar-refractivity contribution in [2.24, 2.45) is 0 Å². The zero-order valence-corrected chi connectivity index (χ0v) is 16.3. The Labute approximate surface area is 176 Å². The van der Waals surface area contributed by atoms with E-state index in [1.165, 1.54) is 37.3 Å². The molecule has 10 heteroatoms. The van der Waals surface area contributed by atoms with Crippen molar-refractivity contribution >= 4 is 5.78 Å². The zero-order chi connectivity index (χ0) is 22.4. The fourth-order valence-corrected chi connectivity index (χ4v) is 3.72. The summed E-state index contributed by atoms with van der Waals surface area (Å²) in [4.78, 5) is 13.3. The molecule has 2 aromatic rings. The topological polar surface area (TPSA) is 166 Å². The number of Topliss-reactive ketones (excluding diaryl/α,β-unsaturated/α-hetero) is 1. The molecule has 2 aliphatic rings. The van der Waals surface area contributed by atoms with Gasteiger partial charge in [-0.15, -0.1) is 0 Å². The SMILES string of the molecule is C[C@@H]1O[C@H](O[C@@H]2C(=O)c3c(O)cc(O)cc3O[C@@H]2c2ccc(O)cc2)[C@@H](O)[C@H](O)[C@@H]1O. The summed E-state index contributed by atoms with van der Waals surface area (Å²) in [7, 11) is 0. The Hall–Kier alpha value is -2.89. The molecule has 4 rings (SSSR count). The average Bonchev–Trinajstić information content (AvgIpc) is 2.72. The van der Waals surface area contributed by atoms with Crippen LogP contribution in [0.2, 0.25) is 0 Å². The third-order valence-electron chi connectivity index (χ3n) is 5.41. The van der Waals surface area contributed by atoms with Crippen LogP contribution in [0.5, 0.6) is 23.0 Å². The number of benzene rings is 2. The van der Waals surface area contributed by atoms with Gasteiger partial charge in [-0.25, -0.2) is 0 Å². The van der Waals surface area contributed by atoms with Crippen molar-refractivity contribution in [3.63, 3.8) is 0 Å². The van der Waals surface area contributed by atoms with Gasteiger partial charge >= 0.3 is 0 Å². The zero-order valence-electron chi connectivity index (χ0n) is 16.3. The second-order valence-corrected chi connectivity index (χ2v) is 7.57. The number of carbonyl (C=O) groups excluding carboxylic acids is 1. The normalized spacial score (nSPS) is 32.9. The minimum Gasteiger partial charge on any atom is -0.508 e. The quantitative estimate of drug-likeness (QED) is 0.396. The van der Waals surface area contributed by atoms with E-state index in [1.807, 2.05) is 0 Å². The Morgan fingerprint density at radius 2 is 1.58 bits per heavy atom. The van der Waals surface area contributed by atoms with Gasteiger partial charge in [0.05, 0.1) is 6.10 Å². The van der Waals surface area contributed by atoms with Gasteiger partial charge in [-0.3, -0.25) is 4.79 Å². The van der Waals surface area contributed by atoms with E-state index < -0.39 is 54.4 Å². The monoisotopic (exact) mass is 434 g/mol. The first kappa shape index (κ1) is 21.3. The van der Waals surface area contributed by atoms with Crippen LogP contribution in [0.3, 0.4) is 0 Å². The number of aromatic hydroxyl groups is 3. The number of carbonyl (C=O) groups is 1. The van der Waals surface area contributed by atoms with Gasteiger partial charge in [0, 0.05) is 12.1 Å². The highest BCUT2D eigenvalue weighted by atomic mass is 16.7. The number of hydrogen-bond acceptors (Lipinski definition) is 10. The van der Waals surface area contributed by atoms with Crippen LogP contribution in [0.4, 0.5) is 0 Å². The number of phenols is 3. The number of hydrogen-bond donors (Lipinski definition) is 6. The Kier molecular flexibility index (Phi) is 5.50. The van der Waals surface area contributed by atoms with Gasteiger partial charge in [0.25, 0.3) is 0 Å². The van der Waals surface area contributed by atoms with Gasteiger partial charge < -0.3 is 44.8 Å². The van der Waals surface area contributed by atoms with E-state index in [0.29, 0.717) is 5.56 Å². The van der Waals surface area contributed by atoms with Crippen LogP contribution in [0, 0.1) is 0 Å². The molecule has 0 radical (unpaired) electrons. The fourth-order valence-electron chi connectivity index (χ4n) is 3.72. The molecule has 0 saturated carbocycles. The van der Waals surface area contributed by atoms with E-state index in [1.54, 1.807) is 0 Å². The molecule has 7 atom stereocenters. The van der Waals surface area contributed by atoms with Crippen molar-refractivity contribution in [2.45, 2.75) is 49.8 Å². The van der Waals surface area contributed by atoms with E-state index in [0.717, 1.165) is 6.07 Å². The van der Waals surface area contributed by atoms with Crippen molar-refractivity contribution in [3.05, 3.63) is 47.5 Å². The van der Waals surface area contributed by atoms with E-state index in [-0.39, 0.29) is 22.8 Å². The highest BCUT2D eigenvalue weighted by molar-refractivity contribution is 6.05.